The van der Waals surface area contributed by atoms with Crippen LogP contribution in [0.15, 0.2) is 28.2 Å². The van der Waals surface area contributed by atoms with E-state index >= 15 is 0 Å². The second kappa shape index (κ2) is 4.92. The first-order valence-electron chi connectivity index (χ1n) is 4.19. The Hall–Kier alpha value is -0.650. The van der Waals surface area contributed by atoms with Gasteiger partial charge in [-0.25, -0.2) is 0 Å². The summed E-state index contributed by atoms with van der Waals surface area (Å²) in [6.07, 6.45) is 0. The number of benzene rings is 1. The Morgan fingerprint density at radius 1 is 1.47 bits per heavy atom. The third-order valence-corrected chi connectivity index (χ3v) is 3.65. The number of rotatable bonds is 3. The summed E-state index contributed by atoms with van der Waals surface area (Å²) in [7, 11) is 0. The molecule has 1 aromatic heterocycles. The number of hydrogen-bond donors (Lipinski definition) is 1. The molecule has 0 bridgehead atoms. The van der Waals surface area contributed by atoms with Crippen LogP contribution in [0.1, 0.15) is 5.56 Å². The van der Waals surface area contributed by atoms with E-state index in [0.717, 1.165) is 20.2 Å². The first kappa shape index (κ1) is 10.9. The fraction of sp³-hybridized carbons (Fsp3) is 0.111. The van der Waals surface area contributed by atoms with Gasteiger partial charge in [-0.1, -0.05) is 29.0 Å². The minimum atomic E-state index is 0.713. The maximum Gasteiger partial charge on any atom is 0.205 e. The maximum absolute atomic E-state index is 5.89. The van der Waals surface area contributed by atoms with Gasteiger partial charge in [-0.15, -0.1) is 10.2 Å². The molecular formula is C9H7BrClN3S. The second-order valence-corrected chi connectivity index (χ2v) is 4.94. The summed E-state index contributed by atoms with van der Waals surface area (Å²) >= 11 is 10.8. The average Bonchev–Trinajstić information content (AvgIpc) is 2.73. The quantitative estimate of drug-likeness (QED) is 0.942. The van der Waals surface area contributed by atoms with E-state index in [1.54, 1.807) is 5.51 Å². The Morgan fingerprint density at radius 2 is 2.33 bits per heavy atom. The van der Waals surface area contributed by atoms with Gasteiger partial charge in [0.05, 0.1) is 5.02 Å². The Bertz CT molecular complexity index is 447. The number of anilines is 1. The molecule has 1 aromatic carbocycles. The molecule has 0 aliphatic heterocycles. The van der Waals surface area contributed by atoms with Crippen LogP contribution in [0.3, 0.4) is 0 Å². The molecule has 0 aliphatic rings. The lowest BCUT2D eigenvalue weighted by Gasteiger charge is -2.03. The number of nitrogens with zero attached hydrogens (tertiary/aromatic N) is 2. The van der Waals surface area contributed by atoms with Gasteiger partial charge in [0, 0.05) is 11.0 Å². The Morgan fingerprint density at radius 3 is 3.00 bits per heavy atom. The first-order valence-corrected chi connectivity index (χ1v) is 6.25. The van der Waals surface area contributed by atoms with Crippen LogP contribution in [0.5, 0.6) is 0 Å². The highest BCUT2D eigenvalue weighted by Gasteiger charge is 2.00. The highest BCUT2D eigenvalue weighted by molar-refractivity contribution is 9.10. The number of hydrogen-bond acceptors (Lipinski definition) is 4. The molecule has 0 spiro atoms. The molecule has 0 fully saturated rings. The van der Waals surface area contributed by atoms with Crippen molar-refractivity contribution in [3.63, 3.8) is 0 Å². The molecule has 1 heterocycles. The summed E-state index contributed by atoms with van der Waals surface area (Å²) in [6.45, 7) is 0.713. The van der Waals surface area contributed by atoms with Gasteiger partial charge < -0.3 is 5.32 Å². The fourth-order valence-electron chi connectivity index (χ4n) is 1.08. The Labute approximate surface area is 105 Å². The lowest BCUT2D eigenvalue weighted by atomic mass is 10.2. The van der Waals surface area contributed by atoms with Crippen molar-refractivity contribution in [2.75, 3.05) is 5.32 Å². The maximum atomic E-state index is 5.89. The van der Waals surface area contributed by atoms with Gasteiger partial charge in [-0.05, 0) is 33.6 Å². The summed E-state index contributed by atoms with van der Waals surface area (Å²) < 4.78 is 0.903. The summed E-state index contributed by atoms with van der Waals surface area (Å²) in [5.41, 5.74) is 2.83. The van der Waals surface area contributed by atoms with Gasteiger partial charge in [0.1, 0.15) is 5.51 Å². The molecule has 15 heavy (non-hydrogen) atoms. The monoisotopic (exact) mass is 303 g/mol. The van der Waals surface area contributed by atoms with Crippen LogP contribution < -0.4 is 5.32 Å². The second-order valence-electron chi connectivity index (χ2n) is 2.85. The van der Waals surface area contributed by atoms with Crippen LogP contribution in [0.4, 0.5) is 5.13 Å². The molecule has 0 saturated heterocycles. The predicted octanol–water partition coefficient (Wildman–Crippen LogP) is 3.57. The summed E-state index contributed by atoms with van der Waals surface area (Å²) in [4.78, 5) is 0. The summed E-state index contributed by atoms with van der Waals surface area (Å²) in [6, 6.07) is 5.82. The van der Waals surface area contributed by atoms with E-state index in [1.165, 1.54) is 11.3 Å². The summed E-state index contributed by atoms with van der Waals surface area (Å²) in [5, 5.41) is 12.3. The third-order valence-electron chi connectivity index (χ3n) is 1.79. The van der Waals surface area contributed by atoms with Crippen LogP contribution in [-0.2, 0) is 6.54 Å². The predicted molar refractivity (Wildman–Crippen MR) is 66.4 cm³/mol. The van der Waals surface area contributed by atoms with Crippen molar-refractivity contribution in [1.29, 1.82) is 0 Å². The van der Waals surface area contributed by atoms with Crippen molar-refractivity contribution in [3.05, 3.63) is 38.8 Å². The molecule has 6 heteroatoms. The molecular weight excluding hydrogens is 298 g/mol. The van der Waals surface area contributed by atoms with Crippen molar-refractivity contribution >= 4 is 44.0 Å². The van der Waals surface area contributed by atoms with Gasteiger partial charge in [0.2, 0.25) is 5.13 Å². The topological polar surface area (TPSA) is 37.8 Å². The van der Waals surface area contributed by atoms with Gasteiger partial charge in [0.15, 0.2) is 0 Å². The first-order chi connectivity index (χ1) is 7.25. The van der Waals surface area contributed by atoms with Crippen molar-refractivity contribution in [2.45, 2.75) is 6.54 Å². The standard InChI is InChI=1S/C9H7BrClN3S/c10-7-3-6(1-2-8(7)11)4-12-9-14-13-5-15-9/h1-3,5H,4H2,(H,12,14). The largest absolute Gasteiger partial charge is 0.356 e. The smallest absolute Gasteiger partial charge is 0.205 e. The molecule has 2 rings (SSSR count). The number of halogens is 2. The number of aromatic nitrogens is 2. The van der Waals surface area contributed by atoms with Crippen LogP contribution >= 0.6 is 38.9 Å². The highest BCUT2D eigenvalue weighted by Crippen LogP contribution is 2.23. The molecule has 0 unspecified atom stereocenters. The molecule has 0 radical (unpaired) electrons. The van der Waals surface area contributed by atoms with E-state index in [4.69, 9.17) is 11.6 Å². The molecule has 78 valence electrons. The van der Waals surface area contributed by atoms with Gasteiger partial charge in [-0.2, -0.15) is 0 Å². The zero-order valence-corrected chi connectivity index (χ0v) is 10.7. The SMILES string of the molecule is Clc1ccc(CNc2nncs2)cc1Br. The minimum Gasteiger partial charge on any atom is -0.356 e. The van der Waals surface area contributed by atoms with E-state index in [0.29, 0.717) is 6.54 Å². The zero-order valence-electron chi connectivity index (χ0n) is 7.58. The van der Waals surface area contributed by atoms with Crippen LogP contribution in [0, 0.1) is 0 Å². The average molecular weight is 305 g/mol. The summed E-state index contributed by atoms with van der Waals surface area (Å²) in [5.74, 6) is 0. The van der Waals surface area contributed by atoms with Gasteiger partial charge in [-0.3, -0.25) is 0 Å². The van der Waals surface area contributed by atoms with Gasteiger partial charge in [0.25, 0.3) is 0 Å². The fourth-order valence-corrected chi connectivity index (χ4v) is 2.07. The lowest BCUT2D eigenvalue weighted by molar-refractivity contribution is 1.05. The Kier molecular flexibility index (Phi) is 3.56. The normalized spacial score (nSPS) is 10.3. The Balaban J connectivity index is 2.02. The van der Waals surface area contributed by atoms with Crippen molar-refractivity contribution in [2.24, 2.45) is 0 Å². The zero-order chi connectivity index (χ0) is 10.7. The molecule has 0 amide bonds. The van der Waals surface area contributed by atoms with E-state index in [9.17, 15) is 0 Å². The number of nitrogens with one attached hydrogen (secondary N) is 1. The van der Waals surface area contributed by atoms with Gasteiger partial charge >= 0.3 is 0 Å². The highest BCUT2D eigenvalue weighted by atomic mass is 79.9. The van der Waals surface area contributed by atoms with Crippen LogP contribution in [0.25, 0.3) is 0 Å². The van der Waals surface area contributed by atoms with Crippen LogP contribution in [-0.4, -0.2) is 10.2 Å². The van der Waals surface area contributed by atoms with Crippen LogP contribution in [0.2, 0.25) is 5.02 Å². The third kappa shape index (κ3) is 2.90. The molecule has 0 saturated carbocycles. The lowest BCUT2D eigenvalue weighted by Crippen LogP contribution is -1.98. The van der Waals surface area contributed by atoms with E-state index in [-0.39, 0.29) is 0 Å². The van der Waals surface area contributed by atoms with Crippen molar-refractivity contribution in [1.82, 2.24) is 10.2 Å². The molecule has 0 aliphatic carbocycles. The molecule has 3 nitrogen and oxygen atoms in total. The van der Waals surface area contributed by atoms with E-state index in [2.05, 4.69) is 31.4 Å². The molecule has 2 aromatic rings. The minimum absolute atomic E-state index is 0.713. The van der Waals surface area contributed by atoms with E-state index < -0.39 is 0 Å². The van der Waals surface area contributed by atoms with E-state index in [1.807, 2.05) is 18.2 Å². The molecule has 1 N–H and O–H groups in total. The molecule has 0 atom stereocenters. The van der Waals surface area contributed by atoms with Crippen molar-refractivity contribution in [3.8, 4) is 0 Å². The van der Waals surface area contributed by atoms with Crippen molar-refractivity contribution < 1.29 is 0 Å².